The van der Waals surface area contributed by atoms with E-state index in [9.17, 15) is 14.4 Å². The Morgan fingerprint density at radius 3 is 1.94 bits per heavy atom. The lowest BCUT2D eigenvalue weighted by atomic mass is 10.0. The zero-order valence-electron chi connectivity index (χ0n) is 22.5. The van der Waals surface area contributed by atoms with Crippen LogP contribution in [0, 0.1) is 5.92 Å². The minimum absolute atomic E-state index is 0.227. The van der Waals surface area contributed by atoms with Crippen LogP contribution in [0.5, 0.6) is 5.75 Å². The maximum Gasteiger partial charge on any atom is 0.408 e. The molecule has 0 bridgehead atoms. The fraction of sp³-hybridized carbons (Fsp3) is 0.654. The molecule has 8 heteroatoms. The number of carbonyl (C=O) groups excluding carboxylic acids is 3. The molecule has 1 aromatic carbocycles. The van der Waals surface area contributed by atoms with Crippen molar-refractivity contribution in [2.45, 2.75) is 99.4 Å². The van der Waals surface area contributed by atoms with Crippen molar-refractivity contribution < 1.29 is 28.6 Å². The molecule has 0 radical (unpaired) electrons. The van der Waals surface area contributed by atoms with Gasteiger partial charge in [-0.1, -0.05) is 39.8 Å². The van der Waals surface area contributed by atoms with Gasteiger partial charge in [-0.15, -0.1) is 0 Å². The molecule has 0 aliphatic rings. The molecule has 0 heterocycles. The van der Waals surface area contributed by atoms with Crippen molar-refractivity contribution in [1.29, 1.82) is 0 Å². The molecule has 1 aromatic rings. The molecule has 0 aliphatic carbocycles. The quantitative estimate of drug-likeness (QED) is 0.473. The Kier molecular flexibility index (Phi) is 14.0. The standard InChI is InChI=1S/C24H38N2O6.C2H6/c1-9-30-18-12-10-17(11-13-18)14-19(22(28)31-16(4)5)25-21(27)20(15(2)3)26-23(29)32-24(6,7)8;1-2/h10-13,15-16,19-20H,9,14H2,1-8H3,(H,25,27)(H,26,29);1-2H3. The third kappa shape index (κ3) is 12.5. The van der Waals surface area contributed by atoms with E-state index in [-0.39, 0.29) is 18.4 Å². The summed E-state index contributed by atoms with van der Waals surface area (Å²) in [5.74, 6) is -0.526. The van der Waals surface area contributed by atoms with Gasteiger partial charge in [0.05, 0.1) is 12.7 Å². The van der Waals surface area contributed by atoms with E-state index in [1.807, 2.05) is 45.0 Å². The predicted molar refractivity (Wildman–Crippen MR) is 134 cm³/mol. The number of benzene rings is 1. The van der Waals surface area contributed by atoms with Crippen LogP contribution in [0.4, 0.5) is 4.79 Å². The number of nitrogens with one attached hydrogen (secondary N) is 2. The van der Waals surface area contributed by atoms with E-state index in [4.69, 9.17) is 14.2 Å². The highest BCUT2D eigenvalue weighted by atomic mass is 16.6. The Labute approximate surface area is 205 Å². The highest BCUT2D eigenvalue weighted by Gasteiger charge is 2.31. The lowest BCUT2D eigenvalue weighted by molar-refractivity contribution is -0.151. The average Bonchev–Trinajstić information content (AvgIpc) is 2.72. The number of ether oxygens (including phenoxy) is 3. The zero-order valence-corrected chi connectivity index (χ0v) is 22.5. The molecule has 2 N–H and O–H groups in total. The smallest absolute Gasteiger partial charge is 0.408 e. The van der Waals surface area contributed by atoms with Crippen LogP contribution < -0.4 is 15.4 Å². The van der Waals surface area contributed by atoms with Gasteiger partial charge >= 0.3 is 12.1 Å². The van der Waals surface area contributed by atoms with Crippen LogP contribution in [-0.4, -0.2) is 48.4 Å². The maximum atomic E-state index is 13.0. The van der Waals surface area contributed by atoms with E-state index in [0.29, 0.717) is 6.61 Å². The average molecular weight is 481 g/mol. The summed E-state index contributed by atoms with van der Waals surface area (Å²) in [5.41, 5.74) is 0.139. The molecular weight excluding hydrogens is 436 g/mol. The van der Waals surface area contributed by atoms with E-state index >= 15 is 0 Å². The lowest BCUT2D eigenvalue weighted by Crippen LogP contribution is -2.55. The van der Waals surface area contributed by atoms with Gasteiger partial charge in [-0.25, -0.2) is 9.59 Å². The molecular formula is C26H44N2O6. The van der Waals surface area contributed by atoms with Crippen molar-refractivity contribution in [1.82, 2.24) is 10.6 Å². The SMILES string of the molecule is CC.CCOc1ccc(CC(NC(=O)C(NC(=O)OC(C)(C)C)C(C)C)C(=O)OC(C)C)cc1. The second-order valence-electron chi connectivity index (χ2n) is 9.20. The summed E-state index contributed by atoms with van der Waals surface area (Å²) in [6.07, 6.45) is -0.789. The van der Waals surface area contributed by atoms with Crippen LogP contribution in [-0.2, 0) is 25.5 Å². The van der Waals surface area contributed by atoms with Crippen LogP contribution in [0.3, 0.4) is 0 Å². The van der Waals surface area contributed by atoms with Gasteiger partial charge in [0.1, 0.15) is 23.4 Å². The van der Waals surface area contributed by atoms with Crippen molar-refractivity contribution >= 4 is 18.0 Å². The molecule has 0 fully saturated rings. The minimum Gasteiger partial charge on any atom is -0.494 e. The first-order valence-corrected chi connectivity index (χ1v) is 12.0. The number of esters is 1. The van der Waals surface area contributed by atoms with Gasteiger partial charge in [0.25, 0.3) is 0 Å². The fourth-order valence-electron chi connectivity index (χ4n) is 2.86. The molecule has 194 valence electrons. The van der Waals surface area contributed by atoms with Gasteiger partial charge in [-0.3, -0.25) is 4.79 Å². The number of carbonyl (C=O) groups is 3. The van der Waals surface area contributed by atoms with Crippen LogP contribution in [0.2, 0.25) is 0 Å². The Morgan fingerprint density at radius 2 is 1.50 bits per heavy atom. The highest BCUT2D eigenvalue weighted by molar-refractivity contribution is 5.90. The molecule has 0 saturated heterocycles. The van der Waals surface area contributed by atoms with Gasteiger partial charge in [-0.05, 0) is 65.2 Å². The van der Waals surface area contributed by atoms with E-state index in [1.165, 1.54) is 0 Å². The summed E-state index contributed by atoms with van der Waals surface area (Å²) in [4.78, 5) is 37.9. The summed E-state index contributed by atoms with van der Waals surface area (Å²) >= 11 is 0. The van der Waals surface area contributed by atoms with Gasteiger partial charge in [0, 0.05) is 6.42 Å². The monoisotopic (exact) mass is 480 g/mol. The van der Waals surface area contributed by atoms with Gasteiger partial charge in [0.15, 0.2) is 0 Å². The first-order chi connectivity index (χ1) is 15.8. The molecule has 0 spiro atoms. The van der Waals surface area contributed by atoms with Crippen molar-refractivity contribution in [2.24, 2.45) is 5.92 Å². The Morgan fingerprint density at radius 1 is 0.941 bits per heavy atom. The van der Waals surface area contributed by atoms with Crippen LogP contribution in [0.15, 0.2) is 24.3 Å². The number of amides is 2. The Bertz CT molecular complexity index is 754. The van der Waals surface area contributed by atoms with E-state index < -0.39 is 35.7 Å². The predicted octanol–water partition coefficient (Wildman–Crippen LogP) is 4.64. The fourth-order valence-corrected chi connectivity index (χ4v) is 2.86. The molecule has 8 nitrogen and oxygen atoms in total. The van der Waals surface area contributed by atoms with E-state index in [1.54, 1.807) is 48.5 Å². The number of alkyl carbamates (subject to hydrolysis) is 1. The van der Waals surface area contributed by atoms with Crippen LogP contribution >= 0.6 is 0 Å². The highest BCUT2D eigenvalue weighted by Crippen LogP contribution is 2.15. The summed E-state index contributed by atoms with van der Waals surface area (Å²) in [5, 5.41) is 5.35. The first kappa shape index (κ1) is 31.2. The van der Waals surface area contributed by atoms with Crippen molar-refractivity contribution in [3.8, 4) is 5.75 Å². The molecule has 2 unspecified atom stereocenters. The molecule has 0 aromatic heterocycles. The second-order valence-corrected chi connectivity index (χ2v) is 9.20. The largest absolute Gasteiger partial charge is 0.494 e. The Balaban J connectivity index is 0.00000529. The summed E-state index contributed by atoms with van der Waals surface area (Å²) in [7, 11) is 0. The summed E-state index contributed by atoms with van der Waals surface area (Å²) in [6, 6.07) is 5.51. The van der Waals surface area contributed by atoms with Crippen LogP contribution in [0.25, 0.3) is 0 Å². The van der Waals surface area contributed by atoms with Crippen molar-refractivity contribution in [2.75, 3.05) is 6.61 Å². The van der Waals surface area contributed by atoms with Crippen LogP contribution in [0.1, 0.15) is 74.8 Å². The van der Waals surface area contributed by atoms with E-state index in [2.05, 4.69) is 10.6 Å². The molecule has 2 amide bonds. The molecule has 0 saturated carbocycles. The zero-order chi connectivity index (χ0) is 26.5. The van der Waals surface area contributed by atoms with E-state index in [0.717, 1.165) is 11.3 Å². The molecule has 2 atom stereocenters. The van der Waals surface area contributed by atoms with Crippen molar-refractivity contribution in [3.63, 3.8) is 0 Å². The number of hydrogen-bond donors (Lipinski definition) is 2. The summed E-state index contributed by atoms with van der Waals surface area (Å²) in [6.45, 7) is 18.8. The number of rotatable bonds is 10. The van der Waals surface area contributed by atoms with Gasteiger partial charge < -0.3 is 24.8 Å². The number of hydrogen-bond acceptors (Lipinski definition) is 6. The van der Waals surface area contributed by atoms with Gasteiger partial charge in [-0.2, -0.15) is 0 Å². The molecule has 34 heavy (non-hydrogen) atoms. The molecule has 0 aliphatic heterocycles. The second kappa shape index (κ2) is 15.2. The third-order valence-corrected chi connectivity index (χ3v) is 4.25. The lowest BCUT2D eigenvalue weighted by Gasteiger charge is -2.27. The Hall–Kier alpha value is -2.77. The summed E-state index contributed by atoms with van der Waals surface area (Å²) < 4.78 is 16.1. The first-order valence-electron chi connectivity index (χ1n) is 12.0. The minimum atomic E-state index is -0.912. The van der Waals surface area contributed by atoms with Crippen molar-refractivity contribution in [3.05, 3.63) is 29.8 Å². The molecule has 1 rings (SSSR count). The normalized spacial score (nSPS) is 12.7. The maximum absolute atomic E-state index is 13.0. The topological polar surface area (TPSA) is 103 Å². The third-order valence-electron chi connectivity index (χ3n) is 4.25. The van der Waals surface area contributed by atoms with Gasteiger partial charge in [0.2, 0.25) is 5.91 Å².